The predicted octanol–water partition coefficient (Wildman–Crippen LogP) is 33.2. The summed E-state index contributed by atoms with van der Waals surface area (Å²) < 4.78 is 0. The zero-order valence-electron chi connectivity index (χ0n) is 75.7. The highest BCUT2D eigenvalue weighted by Crippen LogP contribution is 2.63. The van der Waals surface area contributed by atoms with Gasteiger partial charge < -0.3 is 0 Å². The summed E-state index contributed by atoms with van der Waals surface area (Å²) in [4.78, 5) is 0. The monoisotopic (exact) mass is 1370 g/mol. The Morgan fingerprint density at radius 2 is 0.694 bits per heavy atom. The molecule has 0 spiro atoms. The van der Waals surface area contributed by atoms with Gasteiger partial charge in [-0.1, -0.05) is 309 Å². The molecule has 12 aliphatic carbocycles. The van der Waals surface area contributed by atoms with Crippen molar-refractivity contribution in [1.82, 2.24) is 0 Å². The van der Waals surface area contributed by atoms with Crippen LogP contribution < -0.4 is 0 Å². The minimum atomic E-state index is 0.526. The van der Waals surface area contributed by atoms with Crippen LogP contribution in [-0.2, 0) is 0 Å². The van der Waals surface area contributed by atoms with E-state index in [0.717, 1.165) is 88.8 Å². The lowest BCUT2D eigenvalue weighted by atomic mass is 9.56. The van der Waals surface area contributed by atoms with Gasteiger partial charge in [0.25, 0.3) is 0 Å². The third kappa shape index (κ3) is 24.0. The average Bonchev–Trinajstić information content (AvgIpc) is 1.58. The van der Waals surface area contributed by atoms with Crippen LogP contribution in [0, 0.1) is 170 Å². The molecule has 0 radical (unpaired) electrons. The van der Waals surface area contributed by atoms with Crippen molar-refractivity contribution in [3.8, 4) is 0 Å². The van der Waals surface area contributed by atoms with Crippen molar-refractivity contribution >= 4 is 0 Å². The molecule has 12 aliphatic rings. The maximum absolute atomic E-state index is 2.46. The Bertz CT molecular complexity index is 2200. The van der Waals surface area contributed by atoms with E-state index in [1.165, 1.54) is 154 Å². The summed E-state index contributed by atoms with van der Waals surface area (Å²) in [6, 6.07) is 0. The molecule has 0 aliphatic heterocycles. The maximum Gasteiger partial charge on any atom is -0.0288 e. The van der Waals surface area contributed by atoms with Gasteiger partial charge in [0.15, 0.2) is 0 Å². The fourth-order valence-corrected chi connectivity index (χ4v) is 28.6. The van der Waals surface area contributed by atoms with Crippen molar-refractivity contribution in [1.29, 1.82) is 0 Å². The Kier molecular flexibility index (Phi) is 30.7. The normalized spacial score (nSPS) is 35.9. The Labute approximate surface area is 622 Å². The van der Waals surface area contributed by atoms with Crippen molar-refractivity contribution in [2.75, 3.05) is 0 Å². The quantitative estimate of drug-likeness (QED) is 0.249. The first-order valence-corrected chi connectivity index (χ1v) is 44.1. The summed E-state index contributed by atoms with van der Waals surface area (Å²) in [5.74, 6) is 15.5. The number of rotatable bonds is 6. The molecule has 0 aromatic heterocycles. The van der Waals surface area contributed by atoms with Crippen LogP contribution in [0.3, 0.4) is 0 Å². The van der Waals surface area contributed by atoms with Gasteiger partial charge in [0, 0.05) is 0 Å². The zero-order valence-corrected chi connectivity index (χ0v) is 75.7. The largest absolute Gasteiger partial charge is 0.0651 e. The van der Waals surface area contributed by atoms with Crippen LogP contribution in [0.5, 0.6) is 0 Å². The molecule has 0 nitrogen and oxygen atoms in total. The molecule has 0 saturated heterocycles. The average molecular weight is 1370 g/mol. The molecule has 0 heteroatoms. The van der Waals surface area contributed by atoms with Gasteiger partial charge in [-0.05, 0) is 318 Å². The van der Waals surface area contributed by atoms with Crippen LogP contribution in [-0.4, -0.2) is 0 Å². The molecular formula is C98H190. The van der Waals surface area contributed by atoms with E-state index in [1.54, 1.807) is 32.1 Å². The zero-order chi connectivity index (χ0) is 75.7. The van der Waals surface area contributed by atoms with Crippen LogP contribution >= 0.6 is 0 Å². The highest BCUT2D eigenvalue weighted by Gasteiger charge is 2.53. The summed E-state index contributed by atoms with van der Waals surface area (Å²) in [5, 5.41) is 0. The molecule has 12 saturated carbocycles. The fraction of sp³-hybridized carbons (Fsp3) is 1.00. The van der Waals surface area contributed by atoms with Gasteiger partial charge in [-0.25, -0.2) is 0 Å². The summed E-state index contributed by atoms with van der Waals surface area (Å²) in [5.41, 5.74) is 8.59. The first-order chi connectivity index (χ1) is 44.1. The van der Waals surface area contributed by atoms with Crippen molar-refractivity contribution < 1.29 is 0 Å². The molecule has 0 N–H and O–H groups in total. The van der Waals surface area contributed by atoms with Gasteiger partial charge in [0.05, 0.1) is 0 Å². The first-order valence-electron chi connectivity index (χ1n) is 44.1. The Morgan fingerprint density at radius 1 is 0.327 bits per heavy atom. The topological polar surface area (TPSA) is 0 Å². The van der Waals surface area contributed by atoms with Crippen LogP contribution in [0.2, 0.25) is 0 Å². The Balaban J connectivity index is 0.000000234. The molecule has 0 heterocycles. The number of hydrogen-bond acceptors (Lipinski definition) is 0. The van der Waals surface area contributed by atoms with Gasteiger partial charge in [0.2, 0.25) is 0 Å². The molecule has 12 rings (SSSR count). The van der Waals surface area contributed by atoms with E-state index < -0.39 is 0 Å². The lowest BCUT2D eigenvalue weighted by Gasteiger charge is -2.49. The lowest BCUT2D eigenvalue weighted by molar-refractivity contribution is 0.0203. The number of fused-ring (bicyclic) bond motifs is 6. The fourth-order valence-electron chi connectivity index (χ4n) is 28.6. The van der Waals surface area contributed by atoms with E-state index in [4.69, 9.17) is 0 Å². The minimum absolute atomic E-state index is 0.526. The van der Waals surface area contributed by atoms with Gasteiger partial charge >= 0.3 is 0 Å². The van der Waals surface area contributed by atoms with Gasteiger partial charge in [0.1, 0.15) is 0 Å². The van der Waals surface area contributed by atoms with E-state index in [2.05, 4.69) is 270 Å². The van der Waals surface area contributed by atoms with Gasteiger partial charge in [-0.15, -0.1) is 0 Å². The van der Waals surface area contributed by atoms with Crippen LogP contribution in [0.25, 0.3) is 0 Å². The minimum Gasteiger partial charge on any atom is -0.0651 e. The van der Waals surface area contributed by atoms with Crippen molar-refractivity contribution in [2.45, 2.75) is 456 Å². The first kappa shape index (κ1) is 90.4. The molecule has 0 amide bonds. The Hall–Kier alpha value is 0. The van der Waals surface area contributed by atoms with E-state index >= 15 is 0 Å². The summed E-state index contributed by atoms with van der Waals surface area (Å²) >= 11 is 0. The van der Waals surface area contributed by atoms with Crippen molar-refractivity contribution in [2.24, 2.45) is 170 Å². The highest BCUT2D eigenvalue weighted by molar-refractivity contribution is 5.04. The molecule has 0 aromatic rings. The van der Waals surface area contributed by atoms with E-state index in [9.17, 15) is 0 Å². The van der Waals surface area contributed by atoms with Crippen LogP contribution in [0.4, 0.5) is 0 Å². The van der Waals surface area contributed by atoms with Crippen molar-refractivity contribution in [3.05, 3.63) is 0 Å². The van der Waals surface area contributed by atoms with E-state index in [1.807, 2.05) is 0 Å². The standard InChI is InChI=1S/4C12H24.2C11H22.C10H18.2C9H16/c1-10(2)7-11(3,4)9-12(5,6)8-10;1-9(2)10-11(3,4)7-8-12(10,5)6;1-7-12(6)8-10(2,3)11(4,5)9-12;1-6-10-7-11(2,3)9-12(4,5)8-10;1-6-9-7-10(2,3)11(4,5)8-9;1-6-9-10(2,3)7-8-11(9,4)5;1-7-8-4-5-9(6-8)10(7,2)3;1-6-7(2)9-4-3-8(6)5-9;1-2-8-5-7-3-4-9(8)6-7/h7-9H2,1-6H3;9-10H,7-8H2,1-6H3;7-9H2,1-6H3;10H,6-9H2,1-5H3;2*9H,6-8H2,1-5H3;7-9H,4-6H2,1-3H3;6-9H,3-5H2,1-2H3;7-9H,2-6H2,1H3/t;;;;;;7-,8?,9?;6-,7?,8?,9?;/m......10./s1. The van der Waals surface area contributed by atoms with E-state index in [-0.39, 0.29) is 0 Å². The third-order valence-corrected chi connectivity index (χ3v) is 33.6. The molecule has 8 unspecified atom stereocenters. The number of hydrogen-bond donors (Lipinski definition) is 0. The smallest absolute Gasteiger partial charge is 0.0288 e. The lowest BCUT2D eigenvalue weighted by Crippen LogP contribution is -2.38. The summed E-state index contributed by atoms with van der Waals surface area (Å²) in [6.45, 7) is 94.1. The molecular weight excluding hydrogens is 1180 g/mol. The molecule has 6 bridgehead atoms. The third-order valence-electron chi connectivity index (χ3n) is 33.6. The van der Waals surface area contributed by atoms with Gasteiger partial charge in [-0.3, -0.25) is 0 Å². The van der Waals surface area contributed by atoms with E-state index in [0.29, 0.717) is 81.2 Å². The second-order valence-electron chi connectivity index (χ2n) is 49.4. The maximum atomic E-state index is 2.46. The second kappa shape index (κ2) is 33.2. The Morgan fingerprint density at radius 3 is 0.918 bits per heavy atom. The summed E-state index contributed by atoms with van der Waals surface area (Å²) in [7, 11) is 0. The second-order valence-corrected chi connectivity index (χ2v) is 49.4. The molecule has 10 atom stereocenters. The predicted molar refractivity (Wildman–Crippen MR) is 444 cm³/mol. The molecule has 12 fully saturated rings. The van der Waals surface area contributed by atoms with Crippen LogP contribution in [0.15, 0.2) is 0 Å². The highest BCUT2D eigenvalue weighted by atomic mass is 14.6. The SMILES string of the molecule is CC(C)C1C(C)(C)CCC1(C)C.CC1(C)CC(C)(C)CC(C)(C)C1.CC1C2CCC(C2)[C@H]1C.CCC1(C)CC(C)(C)C(C)(C)C1.CCC1C(C)(C)CCC1(C)C.CCC1CC(C)(C)C(C)(C)C1.CCC1CC(C)(C)CC(C)(C)C1.CCC1CC2CCC1C2.C[C@@H]1C2CCC(C2)C1(C)C. The summed E-state index contributed by atoms with van der Waals surface area (Å²) in [6.07, 6.45) is 42.0. The molecule has 0 aromatic carbocycles. The van der Waals surface area contributed by atoms with Crippen LogP contribution in [0.1, 0.15) is 456 Å². The van der Waals surface area contributed by atoms with Crippen molar-refractivity contribution in [3.63, 3.8) is 0 Å². The molecule has 98 heavy (non-hydrogen) atoms. The van der Waals surface area contributed by atoms with Gasteiger partial charge in [-0.2, -0.15) is 0 Å². The molecule has 582 valence electrons.